The molecular formula is C18H26N4O. The SMILES string of the molecule is CC(O)CN1CCC(CN(C)c2ncnc3ccccc23)CC1. The summed E-state index contributed by atoms with van der Waals surface area (Å²) in [6.45, 7) is 5.82. The molecule has 2 aromatic rings. The number of fused-ring (bicyclic) bond motifs is 1. The molecule has 0 saturated carbocycles. The van der Waals surface area contributed by atoms with Gasteiger partial charge in [-0.05, 0) is 50.9 Å². The summed E-state index contributed by atoms with van der Waals surface area (Å²) in [5.74, 6) is 1.70. The zero-order chi connectivity index (χ0) is 16.2. The fourth-order valence-corrected chi connectivity index (χ4v) is 3.49. The molecule has 1 aliphatic rings. The van der Waals surface area contributed by atoms with Crippen molar-refractivity contribution in [2.45, 2.75) is 25.9 Å². The van der Waals surface area contributed by atoms with Crippen LogP contribution >= 0.6 is 0 Å². The Morgan fingerprint density at radius 1 is 1.26 bits per heavy atom. The first-order valence-electron chi connectivity index (χ1n) is 8.45. The summed E-state index contributed by atoms with van der Waals surface area (Å²) in [5, 5.41) is 10.6. The number of benzene rings is 1. The van der Waals surface area contributed by atoms with Crippen LogP contribution in [0.1, 0.15) is 19.8 Å². The van der Waals surface area contributed by atoms with Crippen molar-refractivity contribution in [3.63, 3.8) is 0 Å². The van der Waals surface area contributed by atoms with Gasteiger partial charge in [-0.3, -0.25) is 0 Å². The number of anilines is 1. The van der Waals surface area contributed by atoms with Crippen molar-refractivity contribution in [3.05, 3.63) is 30.6 Å². The minimum atomic E-state index is -0.235. The van der Waals surface area contributed by atoms with Crippen LogP contribution in [0.25, 0.3) is 10.9 Å². The predicted molar refractivity (Wildman–Crippen MR) is 93.7 cm³/mol. The quantitative estimate of drug-likeness (QED) is 0.916. The highest BCUT2D eigenvalue weighted by atomic mass is 16.3. The van der Waals surface area contributed by atoms with E-state index in [0.29, 0.717) is 5.92 Å². The van der Waals surface area contributed by atoms with Gasteiger partial charge in [-0.2, -0.15) is 0 Å². The van der Waals surface area contributed by atoms with Gasteiger partial charge in [0.05, 0.1) is 11.6 Å². The Morgan fingerprint density at radius 3 is 2.74 bits per heavy atom. The zero-order valence-electron chi connectivity index (χ0n) is 14.0. The number of rotatable bonds is 5. The maximum Gasteiger partial charge on any atom is 0.139 e. The third kappa shape index (κ3) is 3.98. The van der Waals surface area contributed by atoms with Gasteiger partial charge in [0.2, 0.25) is 0 Å². The normalized spacial score (nSPS) is 18.2. The lowest BCUT2D eigenvalue weighted by atomic mass is 9.96. The van der Waals surface area contributed by atoms with E-state index in [2.05, 4.69) is 32.9 Å². The highest BCUT2D eigenvalue weighted by Crippen LogP contribution is 2.25. The molecule has 0 bridgehead atoms. The van der Waals surface area contributed by atoms with Crippen LogP contribution in [-0.2, 0) is 0 Å². The number of piperidine rings is 1. The van der Waals surface area contributed by atoms with Crippen molar-refractivity contribution in [1.82, 2.24) is 14.9 Å². The summed E-state index contributed by atoms with van der Waals surface area (Å²) >= 11 is 0. The van der Waals surface area contributed by atoms with E-state index in [1.807, 2.05) is 25.1 Å². The van der Waals surface area contributed by atoms with Gasteiger partial charge in [0.25, 0.3) is 0 Å². The van der Waals surface area contributed by atoms with Crippen molar-refractivity contribution in [2.75, 3.05) is 38.1 Å². The molecule has 23 heavy (non-hydrogen) atoms. The molecule has 3 rings (SSSR count). The number of hydrogen-bond acceptors (Lipinski definition) is 5. The summed E-state index contributed by atoms with van der Waals surface area (Å²) in [6.07, 6.45) is 3.78. The monoisotopic (exact) mass is 314 g/mol. The Bertz CT molecular complexity index is 632. The first-order valence-corrected chi connectivity index (χ1v) is 8.45. The second kappa shape index (κ2) is 7.23. The highest BCUT2D eigenvalue weighted by molar-refractivity contribution is 5.89. The molecular weight excluding hydrogens is 288 g/mol. The average Bonchev–Trinajstić information content (AvgIpc) is 2.55. The van der Waals surface area contributed by atoms with Gasteiger partial charge in [0, 0.05) is 25.5 Å². The van der Waals surface area contributed by atoms with E-state index in [-0.39, 0.29) is 6.10 Å². The number of aliphatic hydroxyl groups excluding tert-OH is 1. The summed E-state index contributed by atoms with van der Waals surface area (Å²) in [7, 11) is 2.12. The van der Waals surface area contributed by atoms with Crippen molar-refractivity contribution < 1.29 is 5.11 Å². The predicted octanol–water partition coefficient (Wildman–Crippen LogP) is 2.16. The van der Waals surface area contributed by atoms with Gasteiger partial charge in [-0.15, -0.1) is 0 Å². The molecule has 1 fully saturated rings. The minimum Gasteiger partial charge on any atom is -0.392 e. The van der Waals surface area contributed by atoms with Gasteiger partial charge in [-0.25, -0.2) is 9.97 Å². The van der Waals surface area contributed by atoms with Crippen LogP contribution in [0.4, 0.5) is 5.82 Å². The fraction of sp³-hybridized carbons (Fsp3) is 0.556. The van der Waals surface area contributed by atoms with E-state index >= 15 is 0 Å². The molecule has 5 heteroatoms. The van der Waals surface area contributed by atoms with Gasteiger partial charge in [-0.1, -0.05) is 12.1 Å². The van der Waals surface area contributed by atoms with Crippen molar-refractivity contribution in [3.8, 4) is 0 Å². The summed E-state index contributed by atoms with van der Waals surface area (Å²) < 4.78 is 0. The summed E-state index contributed by atoms with van der Waals surface area (Å²) in [4.78, 5) is 13.5. The Kier molecular flexibility index (Phi) is 5.08. The largest absolute Gasteiger partial charge is 0.392 e. The number of aromatic nitrogens is 2. The van der Waals surface area contributed by atoms with Gasteiger partial charge in [0.1, 0.15) is 12.1 Å². The number of likely N-dealkylation sites (tertiary alicyclic amines) is 1. The molecule has 5 nitrogen and oxygen atoms in total. The van der Waals surface area contributed by atoms with Crippen LogP contribution in [0.3, 0.4) is 0 Å². The van der Waals surface area contributed by atoms with E-state index < -0.39 is 0 Å². The topological polar surface area (TPSA) is 52.5 Å². The van der Waals surface area contributed by atoms with Gasteiger partial charge >= 0.3 is 0 Å². The number of para-hydroxylation sites is 1. The molecule has 0 aliphatic carbocycles. The second-order valence-corrected chi connectivity index (χ2v) is 6.69. The number of aliphatic hydroxyl groups is 1. The third-order valence-electron chi connectivity index (χ3n) is 4.64. The molecule has 1 saturated heterocycles. The lowest BCUT2D eigenvalue weighted by Gasteiger charge is -2.34. The molecule has 0 amide bonds. The first-order chi connectivity index (χ1) is 11.1. The fourth-order valence-electron chi connectivity index (χ4n) is 3.49. The lowest BCUT2D eigenvalue weighted by Crippen LogP contribution is -2.40. The van der Waals surface area contributed by atoms with E-state index in [9.17, 15) is 5.11 Å². The zero-order valence-corrected chi connectivity index (χ0v) is 14.0. The lowest BCUT2D eigenvalue weighted by molar-refractivity contribution is 0.101. The summed E-state index contributed by atoms with van der Waals surface area (Å²) in [5.41, 5.74) is 0.996. The third-order valence-corrected chi connectivity index (χ3v) is 4.64. The van der Waals surface area contributed by atoms with Crippen LogP contribution in [0, 0.1) is 5.92 Å². The molecule has 1 aromatic carbocycles. The average molecular weight is 314 g/mol. The molecule has 2 heterocycles. The molecule has 1 atom stereocenters. The van der Waals surface area contributed by atoms with E-state index in [1.54, 1.807) is 6.33 Å². The van der Waals surface area contributed by atoms with E-state index in [1.165, 1.54) is 12.8 Å². The molecule has 1 aromatic heterocycles. The van der Waals surface area contributed by atoms with Gasteiger partial charge in [0.15, 0.2) is 0 Å². The number of nitrogens with zero attached hydrogens (tertiary/aromatic N) is 4. The number of hydrogen-bond donors (Lipinski definition) is 1. The van der Waals surface area contributed by atoms with Gasteiger partial charge < -0.3 is 14.9 Å². The maximum atomic E-state index is 9.50. The van der Waals surface area contributed by atoms with E-state index in [4.69, 9.17) is 0 Å². The van der Waals surface area contributed by atoms with Crippen molar-refractivity contribution in [2.24, 2.45) is 5.92 Å². The smallest absolute Gasteiger partial charge is 0.139 e. The molecule has 1 N–H and O–H groups in total. The first kappa shape index (κ1) is 16.1. The van der Waals surface area contributed by atoms with Crippen LogP contribution in [0.15, 0.2) is 30.6 Å². The number of β-amino-alcohol motifs (C(OH)–C–C–N with tert-alkyl or cyclic N) is 1. The summed E-state index contributed by atoms with van der Waals surface area (Å²) in [6, 6.07) is 8.17. The van der Waals surface area contributed by atoms with Crippen LogP contribution in [-0.4, -0.2) is 59.3 Å². The minimum absolute atomic E-state index is 0.235. The second-order valence-electron chi connectivity index (χ2n) is 6.69. The van der Waals surface area contributed by atoms with Crippen molar-refractivity contribution in [1.29, 1.82) is 0 Å². The van der Waals surface area contributed by atoms with E-state index in [0.717, 1.165) is 42.9 Å². The standard InChI is InChI=1S/C18H26N4O/c1-14(23)11-22-9-7-15(8-10-22)12-21(2)18-16-5-3-4-6-17(16)19-13-20-18/h3-6,13-15,23H,7-12H2,1-2H3. The van der Waals surface area contributed by atoms with Crippen molar-refractivity contribution >= 4 is 16.7 Å². The molecule has 1 aliphatic heterocycles. The van der Waals surface area contributed by atoms with Crippen LogP contribution in [0.5, 0.6) is 0 Å². The molecule has 124 valence electrons. The van der Waals surface area contributed by atoms with Crippen LogP contribution < -0.4 is 4.90 Å². The maximum absolute atomic E-state index is 9.50. The Morgan fingerprint density at radius 2 is 2.00 bits per heavy atom. The molecule has 0 radical (unpaired) electrons. The molecule has 1 unspecified atom stereocenters. The molecule has 0 spiro atoms. The highest BCUT2D eigenvalue weighted by Gasteiger charge is 2.22. The Hall–Kier alpha value is -1.72. The van der Waals surface area contributed by atoms with Crippen LogP contribution in [0.2, 0.25) is 0 Å². The Labute approximate surface area is 138 Å². The Balaban J connectivity index is 1.62.